The molecular weight excluding hydrogens is 496 g/mol. The normalized spacial score (nSPS) is 13.9. The number of carbonyl (C=O) groups is 2. The number of hydrogen-bond donors (Lipinski definition) is 2. The number of epoxide rings is 1. The van der Waals surface area contributed by atoms with E-state index in [1.165, 1.54) is 47.9 Å². The highest BCUT2D eigenvalue weighted by Gasteiger charge is 2.14. The average molecular weight is 533 g/mol. The zero-order valence-electron chi connectivity index (χ0n) is 20.3. The zero-order valence-corrected chi connectivity index (χ0v) is 20.3. The van der Waals surface area contributed by atoms with Gasteiger partial charge in [-0.1, -0.05) is 14.9 Å². The second-order valence-electron chi connectivity index (χ2n) is 7.82. The van der Waals surface area contributed by atoms with Crippen molar-refractivity contribution in [2.75, 3.05) is 27.4 Å². The van der Waals surface area contributed by atoms with Gasteiger partial charge < -0.3 is 29.2 Å². The van der Waals surface area contributed by atoms with Crippen molar-refractivity contribution in [1.29, 1.82) is 0 Å². The van der Waals surface area contributed by atoms with Crippen LogP contribution >= 0.6 is 0 Å². The van der Waals surface area contributed by atoms with Crippen LogP contribution in [0.2, 0.25) is 0 Å². The first-order valence-electron chi connectivity index (χ1n) is 11.0. The van der Waals surface area contributed by atoms with Crippen molar-refractivity contribution in [2.24, 2.45) is 0 Å². The third kappa shape index (κ3) is 8.46. The summed E-state index contributed by atoms with van der Waals surface area (Å²) in [6.45, 7) is 4.89. The molecule has 2 N–H and O–H groups in total. The highest BCUT2D eigenvalue weighted by atomic mass is 16.6. The Balaban J connectivity index is 0.000000322. The van der Waals surface area contributed by atoms with Crippen LogP contribution in [0.3, 0.4) is 0 Å². The Hall–Kier alpha value is -4.16. The fraction of sp³-hybridized carbons (Fsp3) is 0.385. The first-order valence-corrected chi connectivity index (χ1v) is 11.0. The van der Waals surface area contributed by atoms with Gasteiger partial charge in [0.2, 0.25) is 0 Å². The van der Waals surface area contributed by atoms with Crippen LogP contribution in [-0.2, 0) is 14.2 Å². The Morgan fingerprint density at radius 1 is 1.00 bits per heavy atom. The Morgan fingerprint density at radius 3 is 1.92 bits per heavy atom. The SMILES string of the molecule is C.C.COC(=O)c1cnn2cc(O)ccc12.COC(=O)c1cnn2cc(OC[C@@H](C)O)ccc12.C[C@@H]1CO1. The molecule has 1 fully saturated rings. The van der Waals surface area contributed by atoms with Gasteiger partial charge in [0.15, 0.2) is 0 Å². The monoisotopic (exact) mass is 532 g/mol. The van der Waals surface area contributed by atoms with Gasteiger partial charge in [-0.2, -0.15) is 10.2 Å². The molecule has 2 atom stereocenters. The van der Waals surface area contributed by atoms with E-state index in [4.69, 9.17) is 19.7 Å². The van der Waals surface area contributed by atoms with Gasteiger partial charge in [-0.05, 0) is 38.1 Å². The predicted octanol–water partition coefficient (Wildman–Crippen LogP) is 3.38. The number of aromatic nitrogens is 4. The number of esters is 2. The van der Waals surface area contributed by atoms with E-state index in [-0.39, 0.29) is 27.2 Å². The van der Waals surface area contributed by atoms with Gasteiger partial charge in [-0.25, -0.2) is 18.6 Å². The molecule has 4 aromatic rings. The van der Waals surface area contributed by atoms with Crippen molar-refractivity contribution in [2.45, 2.75) is 40.9 Å². The Morgan fingerprint density at radius 2 is 1.47 bits per heavy atom. The Labute approximate surface area is 221 Å². The first-order chi connectivity index (χ1) is 17.2. The number of carbonyl (C=O) groups excluding carboxylic acids is 2. The smallest absolute Gasteiger partial charge is 0.341 e. The highest BCUT2D eigenvalue weighted by Crippen LogP contribution is 2.17. The third-order valence-corrected chi connectivity index (χ3v) is 4.79. The third-order valence-electron chi connectivity index (χ3n) is 4.79. The number of ether oxygens (including phenoxy) is 4. The van der Waals surface area contributed by atoms with Crippen LogP contribution in [0.5, 0.6) is 11.5 Å². The molecule has 1 saturated heterocycles. The quantitative estimate of drug-likeness (QED) is 0.289. The average Bonchev–Trinajstić information content (AvgIpc) is 3.37. The molecule has 1 aliphatic rings. The summed E-state index contributed by atoms with van der Waals surface area (Å²) in [5.74, 6) is -0.201. The second-order valence-corrected chi connectivity index (χ2v) is 7.82. The molecule has 0 unspecified atom stereocenters. The lowest BCUT2D eigenvalue weighted by atomic mass is 10.2. The summed E-state index contributed by atoms with van der Waals surface area (Å²) in [4.78, 5) is 22.7. The zero-order chi connectivity index (χ0) is 26.2. The molecule has 4 aromatic heterocycles. The van der Waals surface area contributed by atoms with Crippen molar-refractivity contribution >= 4 is 23.0 Å². The summed E-state index contributed by atoms with van der Waals surface area (Å²) < 4.78 is 22.2. The van der Waals surface area contributed by atoms with Gasteiger partial charge in [0, 0.05) is 0 Å². The topological polar surface area (TPSA) is 149 Å². The number of pyridine rings is 2. The summed E-state index contributed by atoms with van der Waals surface area (Å²) in [6.07, 6.45) is 5.95. The molecule has 0 aromatic carbocycles. The van der Waals surface area contributed by atoms with E-state index in [0.29, 0.717) is 34.0 Å². The number of aromatic hydroxyl groups is 1. The minimum atomic E-state index is -0.538. The van der Waals surface area contributed by atoms with Crippen molar-refractivity contribution in [3.63, 3.8) is 0 Å². The number of hydrogen-bond acceptors (Lipinski definition) is 10. The molecule has 0 radical (unpaired) electrons. The molecule has 0 bridgehead atoms. The van der Waals surface area contributed by atoms with Crippen LogP contribution < -0.4 is 4.74 Å². The predicted molar refractivity (Wildman–Crippen MR) is 141 cm³/mol. The lowest BCUT2D eigenvalue weighted by molar-refractivity contribution is 0.0594. The van der Waals surface area contributed by atoms with E-state index in [1.807, 2.05) is 0 Å². The maximum absolute atomic E-state index is 11.4. The molecule has 208 valence electrons. The largest absolute Gasteiger partial charge is 0.506 e. The molecule has 38 heavy (non-hydrogen) atoms. The summed E-state index contributed by atoms with van der Waals surface area (Å²) >= 11 is 0. The highest BCUT2D eigenvalue weighted by molar-refractivity contribution is 5.97. The molecule has 0 amide bonds. The standard InChI is InChI=1S/C12H14N2O4.C9H8N2O3.C3H6O.2CH4/c1-8(15)7-18-9-3-4-11-10(12(16)17-2)5-13-14(11)6-9;1-14-9(13)7-4-10-11-5-6(12)2-3-8(7)11;1-3-2-4-3;;/h3-6,8,15H,7H2,1-2H3;2-5,12H,1H3;3H,2H2,1H3;2*1H4/t8-;;3-;;/m1.1../s1. The van der Waals surface area contributed by atoms with Crippen molar-refractivity contribution in [1.82, 2.24) is 19.2 Å². The molecule has 0 saturated carbocycles. The number of aliphatic hydroxyl groups is 1. The van der Waals surface area contributed by atoms with E-state index < -0.39 is 18.0 Å². The van der Waals surface area contributed by atoms with Gasteiger partial charge in [-0.3, -0.25) is 0 Å². The molecule has 1 aliphatic heterocycles. The van der Waals surface area contributed by atoms with Crippen LogP contribution in [0.1, 0.15) is 49.4 Å². The van der Waals surface area contributed by atoms with E-state index >= 15 is 0 Å². The van der Waals surface area contributed by atoms with Gasteiger partial charge in [0.1, 0.15) is 29.2 Å². The summed E-state index contributed by atoms with van der Waals surface area (Å²) in [7, 11) is 2.64. The van der Waals surface area contributed by atoms with Crippen LogP contribution in [0, 0.1) is 0 Å². The van der Waals surface area contributed by atoms with Gasteiger partial charge in [0.25, 0.3) is 0 Å². The fourth-order valence-corrected chi connectivity index (χ4v) is 2.87. The summed E-state index contributed by atoms with van der Waals surface area (Å²) in [6, 6.07) is 6.53. The maximum atomic E-state index is 11.4. The van der Waals surface area contributed by atoms with Crippen LogP contribution in [0.15, 0.2) is 49.1 Å². The Kier molecular flexibility index (Phi) is 12.2. The molecule has 0 aliphatic carbocycles. The fourth-order valence-electron chi connectivity index (χ4n) is 2.87. The van der Waals surface area contributed by atoms with Crippen LogP contribution in [0.25, 0.3) is 11.0 Å². The number of methoxy groups -OCH3 is 2. The Bertz CT molecular complexity index is 1330. The van der Waals surface area contributed by atoms with Gasteiger partial charge in [0.05, 0.1) is 68.9 Å². The summed E-state index contributed by atoms with van der Waals surface area (Å²) in [5, 5.41) is 26.2. The molecule has 12 heteroatoms. The molecule has 12 nitrogen and oxygen atoms in total. The molecule has 5 heterocycles. The van der Waals surface area contributed by atoms with Crippen molar-refractivity contribution < 1.29 is 38.7 Å². The minimum absolute atomic E-state index is 0. The minimum Gasteiger partial charge on any atom is -0.506 e. The number of fused-ring (bicyclic) bond motifs is 2. The molecular formula is C26H36N4O8. The van der Waals surface area contributed by atoms with E-state index in [0.717, 1.165) is 6.61 Å². The first kappa shape index (κ1) is 31.9. The van der Waals surface area contributed by atoms with Gasteiger partial charge in [-0.15, -0.1) is 0 Å². The van der Waals surface area contributed by atoms with Crippen LogP contribution in [-0.4, -0.2) is 81.0 Å². The van der Waals surface area contributed by atoms with Crippen molar-refractivity contribution in [3.8, 4) is 11.5 Å². The lowest BCUT2D eigenvalue weighted by Crippen LogP contribution is -2.13. The number of rotatable bonds is 5. The maximum Gasteiger partial charge on any atom is 0.341 e. The van der Waals surface area contributed by atoms with E-state index in [1.54, 1.807) is 31.3 Å². The summed E-state index contributed by atoms with van der Waals surface area (Å²) in [5.41, 5.74) is 2.04. The van der Waals surface area contributed by atoms with Gasteiger partial charge >= 0.3 is 11.9 Å². The molecule has 5 rings (SSSR count). The van der Waals surface area contributed by atoms with Crippen molar-refractivity contribution in [3.05, 3.63) is 60.2 Å². The van der Waals surface area contributed by atoms with E-state index in [9.17, 15) is 9.59 Å². The number of aliphatic hydroxyl groups excluding tert-OH is 1. The second kappa shape index (κ2) is 14.5. The lowest BCUT2D eigenvalue weighted by Gasteiger charge is -2.08. The number of nitrogens with zero attached hydrogens (tertiary/aromatic N) is 4. The molecule has 0 spiro atoms. The van der Waals surface area contributed by atoms with Crippen LogP contribution in [0.4, 0.5) is 0 Å². The van der Waals surface area contributed by atoms with E-state index in [2.05, 4.69) is 26.6 Å².